The number of carbonyl (C=O) groups excluding carboxylic acids is 1. The van der Waals surface area contributed by atoms with Crippen molar-refractivity contribution in [1.29, 1.82) is 0 Å². The Bertz CT molecular complexity index is 1240. The molecule has 0 aliphatic carbocycles. The highest BCUT2D eigenvalue weighted by Gasteiger charge is 2.17. The smallest absolute Gasteiger partial charge is 0.234 e. The summed E-state index contributed by atoms with van der Waals surface area (Å²) < 4.78 is 1.87. The van der Waals surface area contributed by atoms with E-state index in [1.54, 1.807) is 42.5 Å². The van der Waals surface area contributed by atoms with Crippen LogP contribution in [0.1, 0.15) is 0 Å². The van der Waals surface area contributed by atoms with Gasteiger partial charge in [-0.1, -0.05) is 58.2 Å². The Labute approximate surface area is 208 Å². The third-order valence-corrected chi connectivity index (χ3v) is 6.17. The standard InChI is InChI=1S/C22H14Cl4N4OS/c23-14-3-1-13(2-4-14)21-28-29-22(30(21)19-7-5-15(24)6-8-19)32-12-20(31)27-18-10-16(25)9-17(26)11-18/h1-11H,12H2,(H,27,31). The second kappa shape index (κ2) is 10.1. The van der Waals surface area contributed by atoms with E-state index in [-0.39, 0.29) is 11.7 Å². The van der Waals surface area contributed by atoms with Gasteiger partial charge in [0.25, 0.3) is 0 Å². The highest BCUT2D eigenvalue weighted by molar-refractivity contribution is 7.99. The minimum Gasteiger partial charge on any atom is -0.325 e. The lowest BCUT2D eigenvalue weighted by atomic mass is 10.2. The van der Waals surface area contributed by atoms with Crippen molar-refractivity contribution in [3.05, 3.63) is 86.8 Å². The zero-order valence-corrected chi connectivity index (χ0v) is 20.1. The summed E-state index contributed by atoms with van der Waals surface area (Å²) >= 11 is 25.3. The van der Waals surface area contributed by atoms with Crippen LogP contribution in [0.25, 0.3) is 17.1 Å². The van der Waals surface area contributed by atoms with Crippen molar-refractivity contribution in [3.63, 3.8) is 0 Å². The average molecular weight is 524 g/mol. The van der Waals surface area contributed by atoms with Crippen LogP contribution in [0.4, 0.5) is 5.69 Å². The molecule has 1 heterocycles. The summed E-state index contributed by atoms with van der Waals surface area (Å²) in [6.07, 6.45) is 0. The van der Waals surface area contributed by atoms with Crippen LogP contribution in [0.2, 0.25) is 20.1 Å². The normalized spacial score (nSPS) is 10.9. The highest BCUT2D eigenvalue weighted by atomic mass is 35.5. The third-order valence-electron chi connectivity index (χ3n) is 4.30. The monoisotopic (exact) mass is 522 g/mol. The summed E-state index contributed by atoms with van der Waals surface area (Å²) in [5.74, 6) is 0.497. The molecule has 0 radical (unpaired) electrons. The lowest BCUT2D eigenvalue weighted by Crippen LogP contribution is -2.14. The minimum absolute atomic E-state index is 0.108. The number of amides is 1. The van der Waals surface area contributed by atoms with E-state index in [0.29, 0.717) is 36.8 Å². The number of thioether (sulfide) groups is 1. The van der Waals surface area contributed by atoms with Crippen molar-refractivity contribution in [1.82, 2.24) is 14.8 Å². The molecule has 0 bridgehead atoms. The summed E-state index contributed by atoms with van der Waals surface area (Å²) in [5.41, 5.74) is 2.17. The van der Waals surface area contributed by atoms with Crippen molar-refractivity contribution in [2.45, 2.75) is 5.16 Å². The number of rotatable bonds is 6. The second-order valence-corrected chi connectivity index (χ2v) is 9.31. The fourth-order valence-corrected chi connectivity index (χ4v) is 4.46. The zero-order chi connectivity index (χ0) is 22.7. The minimum atomic E-state index is -0.230. The SMILES string of the molecule is O=C(CSc1nnc(-c2ccc(Cl)cc2)n1-c1ccc(Cl)cc1)Nc1cc(Cl)cc(Cl)c1. The van der Waals surface area contributed by atoms with Gasteiger partial charge in [-0.05, 0) is 66.7 Å². The summed E-state index contributed by atoms with van der Waals surface area (Å²) in [4.78, 5) is 12.5. The Hall–Kier alpha value is -2.22. The van der Waals surface area contributed by atoms with Gasteiger partial charge in [0.05, 0.1) is 5.75 Å². The summed E-state index contributed by atoms with van der Waals surface area (Å²) in [6, 6.07) is 19.5. The number of hydrogen-bond acceptors (Lipinski definition) is 4. The van der Waals surface area contributed by atoms with Gasteiger partial charge in [0, 0.05) is 37.0 Å². The van der Waals surface area contributed by atoms with Crippen LogP contribution < -0.4 is 5.32 Å². The van der Waals surface area contributed by atoms with E-state index >= 15 is 0 Å². The quantitative estimate of drug-likeness (QED) is 0.270. The van der Waals surface area contributed by atoms with Crippen molar-refractivity contribution in [2.75, 3.05) is 11.1 Å². The van der Waals surface area contributed by atoms with Crippen LogP contribution in [-0.2, 0) is 4.79 Å². The molecule has 1 N–H and O–H groups in total. The predicted octanol–water partition coefficient (Wildman–Crippen LogP) is 7.28. The molecule has 0 fully saturated rings. The lowest BCUT2D eigenvalue weighted by molar-refractivity contribution is -0.113. The molecular weight excluding hydrogens is 510 g/mol. The van der Waals surface area contributed by atoms with Crippen LogP contribution in [0.5, 0.6) is 0 Å². The van der Waals surface area contributed by atoms with E-state index in [1.165, 1.54) is 11.8 Å². The molecule has 0 unspecified atom stereocenters. The Kier molecular flexibility index (Phi) is 7.28. The highest BCUT2D eigenvalue weighted by Crippen LogP contribution is 2.30. The molecule has 0 spiro atoms. The molecule has 1 aromatic heterocycles. The number of carbonyl (C=O) groups is 1. The Morgan fingerprint density at radius 3 is 2.03 bits per heavy atom. The van der Waals surface area contributed by atoms with Gasteiger partial charge in [-0.25, -0.2) is 0 Å². The zero-order valence-electron chi connectivity index (χ0n) is 16.2. The first-order valence-corrected chi connectivity index (χ1v) is 11.7. The van der Waals surface area contributed by atoms with Crippen LogP contribution in [0.15, 0.2) is 71.9 Å². The van der Waals surface area contributed by atoms with Crippen molar-refractivity contribution < 1.29 is 4.79 Å². The molecule has 162 valence electrons. The van der Waals surface area contributed by atoms with Gasteiger partial charge in [-0.2, -0.15) is 0 Å². The first kappa shape index (κ1) is 23.0. The van der Waals surface area contributed by atoms with Crippen LogP contribution in [0, 0.1) is 0 Å². The van der Waals surface area contributed by atoms with E-state index in [0.717, 1.165) is 11.3 Å². The number of nitrogens with one attached hydrogen (secondary N) is 1. The number of halogens is 4. The molecule has 10 heteroatoms. The molecule has 3 aromatic carbocycles. The van der Waals surface area contributed by atoms with E-state index < -0.39 is 0 Å². The molecule has 0 aliphatic heterocycles. The predicted molar refractivity (Wildman–Crippen MR) is 133 cm³/mol. The molecule has 0 aliphatic rings. The molecule has 0 atom stereocenters. The molecule has 5 nitrogen and oxygen atoms in total. The average Bonchev–Trinajstić information content (AvgIpc) is 3.16. The lowest BCUT2D eigenvalue weighted by Gasteiger charge is -2.11. The first-order chi connectivity index (χ1) is 15.4. The largest absolute Gasteiger partial charge is 0.325 e. The second-order valence-electron chi connectivity index (χ2n) is 6.62. The Morgan fingerprint density at radius 2 is 1.41 bits per heavy atom. The van der Waals surface area contributed by atoms with Gasteiger partial charge in [-0.3, -0.25) is 9.36 Å². The topological polar surface area (TPSA) is 59.8 Å². The van der Waals surface area contributed by atoms with Gasteiger partial charge in [0.15, 0.2) is 11.0 Å². The summed E-state index contributed by atoms with van der Waals surface area (Å²) in [5, 5.41) is 14.1. The van der Waals surface area contributed by atoms with E-state index in [2.05, 4.69) is 15.5 Å². The number of aromatic nitrogens is 3. The summed E-state index contributed by atoms with van der Waals surface area (Å²) in [7, 11) is 0. The molecule has 0 saturated heterocycles. The molecule has 1 amide bonds. The van der Waals surface area contributed by atoms with Crippen molar-refractivity contribution >= 4 is 69.8 Å². The van der Waals surface area contributed by atoms with E-state index in [1.807, 2.05) is 28.8 Å². The number of anilines is 1. The first-order valence-electron chi connectivity index (χ1n) is 9.25. The van der Waals surface area contributed by atoms with Gasteiger partial charge >= 0.3 is 0 Å². The summed E-state index contributed by atoms with van der Waals surface area (Å²) in [6.45, 7) is 0. The van der Waals surface area contributed by atoms with Crippen molar-refractivity contribution in [3.8, 4) is 17.1 Å². The number of hydrogen-bond donors (Lipinski definition) is 1. The fraction of sp³-hybridized carbons (Fsp3) is 0.0455. The van der Waals surface area contributed by atoms with Crippen LogP contribution >= 0.6 is 58.2 Å². The number of nitrogens with zero attached hydrogens (tertiary/aromatic N) is 3. The molecule has 0 saturated carbocycles. The van der Waals surface area contributed by atoms with Gasteiger partial charge in [0.1, 0.15) is 0 Å². The maximum atomic E-state index is 12.5. The molecule has 4 aromatic rings. The maximum Gasteiger partial charge on any atom is 0.234 e. The van der Waals surface area contributed by atoms with Gasteiger partial charge in [-0.15, -0.1) is 10.2 Å². The van der Waals surface area contributed by atoms with Crippen LogP contribution in [0.3, 0.4) is 0 Å². The number of benzene rings is 3. The van der Waals surface area contributed by atoms with Gasteiger partial charge < -0.3 is 5.32 Å². The molecule has 32 heavy (non-hydrogen) atoms. The van der Waals surface area contributed by atoms with E-state index in [9.17, 15) is 4.79 Å². The van der Waals surface area contributed by atoms with Crippen LogP contribution in [-0.4, -0.2) is 26.4 Å². The molecule has 4 rings (SSSR count). The Morgan fingerprint density at radius 1 is 0.812 bits per heavy atom. The Balaban J connectivity index is 1.59. The van der Waals surface area contributed by atoms with Gasteiger partial charge in [0.2, 0.25) is 5.91 Å². The van der Waals surface area contributed by atoms with Crippen molar-refractivity contribution in [2.24, 2.45) is 0 Å². The maximum absolute atomic E-state index is 12.5. The third kappa shape index (κ3) is 5.57. The van der Waals surface area contributed by atoms with E-state index in [4.69, 9.17) is 46.4 Å². The molecular formula is C22H14Cl4N4OS. The fourth-order valence-electron chi connectivity index (χ4n) is 2.93.